The maximum Gasteiger partial charge on any atom is 0.203 e. The highest BCUT2D eigenvalue weighted by atomic mass is 32.1. The lowest BCUT2D eigenvalue weighted by Gasteiger charge is -2.12. The van der Waals surface area contributed by atoms with Crippen molar-refractivity contribution in [1.82, 2.24) is 4.98 Å². The van der Waals surface area contributed by atoms with Gasteiger partial charge >= 0.3 is 0 Å². The summed E-state index contributed by atoms with van der Waals surface area (Å²) in [4.78, 5) is 4.57. The lowest BCUT2D eigenvalue weighted by atomic mass is 10.2. The van der Waals surface area contributed by atoms with Crippen LogP contribution >= 0.6 is 11.3 Å². The van der Waals surface area contributed by atoms with Crippen LogP contribution in [0.1, 0.15) is 25.3 Å². The molecule has 0 atom stereocenters. The predicted molar refractivity (Wildman–Crippen MR) is 112 cm³/mol. The summed E-state index contributed by atoms with van der Waals surface area (Å²) in [5.74, 6) is 1.42. The molecule has 0 unspecified atom stereocenters. The van der Waals surface area contributed by atoms with Crippen LogP contribution in [0, 0.1) is 0 Å². The molecule has 1 N–H and O–H groups in total. The number of rotatable bonds is 9. The molecular formula is C21H23N3O2S. The number of hydrogen-bond acceptors (Lipinski definition) is 6. The van der Waals surface area contributed by atoms with E-state index in [0.29, 0.717) is 18.1 Å². The summed E-state index contributed by atoms with van der Waals surface area (Å²) in [7, 11) is 1.64. The van der Waals surface area contributed by atoms with Gasteiger partial charge in [0.05, 0.1) is 25.6 Å². The molecule has 0 bridgehead atoms. The van der Waals surface area contributed by atoms with E-state index in [2.05, 4.69) is 22.4 Å². The van der Waals surface area contributed by atoms with E-state index in [1.807, 2.05) is 53.9 Å². The molecule has 140 valence electrons. The van der Waals surface area contributed by atoms with Crippen LogP contribution in [-0.4, -0.2) is 24.9 Å². The SMILES string of the molecule is CCCCOc1c(C=NNc2nc(-c3ccccc3)cs2)cccc1OC. The number of benzene rings is 2. The Morgan fingerprint density at radius 3 is 2.78 bits per heavy atom. The third kappa shape index (κ3) is 5.08. The average Bonchev–Trinajstić information content (AvgIpc) is 3.18. The van der Waals surface area contributed by atoms with Crippen LogP contribution in [0.4, 0.5) is 5.13 Å². The van der Waals surface area contributed by atoms with Crippen LogP contribution in [0.25, 0.3) is 11.3 Å². The first-order chi connectivity index (χ1) is 13.3. The fourth-order valence-corrected chi connectivity index (χ4v) is 3.16. The van der Waals surface area contributed by atoms with Crippen molar-refractivity contribution in [2.24, 2.45) is 5.10 Å². The van der Waals surface area contributed by atoms with Crippen LogP contribution in [0.3, 0.4) is 0 Å². The Labute approximate surface area is 163 Å². The summed E-state index contributed by atoms with van der Waals surface area (Å²) in [6, 6.07) is 15.8. The zero-order chi connectivity index (χ0) is 18.9. The smallest absolute Gasteiger partial charge is 0.203 e. The maximum absolute atomic E-state index is 5.91. The Balaban J connectivity index is 1.70. The van der Waals surface area contributed by atoms with Crippen molar-refractivity contribution in [3.05, 3.63) is 59.5 Å². The molecule has 1 heterocycles. The summed E-state index contributed by atoms with van der Waals surface area (Å²) < 4.78 is 11.3. The number of aromatic nitrogens is 1. The third-order valence-corrected chi connectivity index (χ3v) is 4.66. The molecule has 0 fully saturated rings. The minimum absolute atomic E-state index is 0.651. The van der Waals surface area contributed by atoms with E-state index >= 15 is 0 Å². The molecule has 0 spiro atoms. The largest absolute Gasteiger partial charge is 0.493 e. The summed E-state index contributed by atoms with van der Waals surface area (Å²) >= 11 is 1.52. The topological polar surface area (TPSA) is 55.7 Å². The molecule has 27 heavy (non-hydrogen) atoms. The number of para-hydroxylation sites is 1. The Bertz CT molecular complexity index is 878. The second kappa shape index (κ2) is 9.73. The molecule has 0 aliphatic carbocycles. The first kappa shape index (κ1) is 18.9. The number of thiazole rings is 1. The summed E-state index contributed by atoms with van der Waals surface area (Å²) in [6.45, 7) is 2.79. The Morgan fingerprint density at radius 2 is 2.00 bits per heavy atom. The third-order valence-electron chi connectivity index (χ3n) is 3.91. The minimum atomic E-state index is 0.651. The molecule has 3 rings (SSSR count). The van der Waals surface area contributed by atoms with Crippen LogP contribution in [0.5, 0.6) is 11.5 Å². The Hall–Kier alpha value is -2.86. The van der Waals surface area contributed by atoms with Gasteiger partial charge in [0.2, 0.25) is 5.13 Å². The van der Waals surface area contributed by atoms with Gasteiger partial charge < -0.3 is 9.47 Å². The van der Waals surface area contributed by atoms with Gasteiger partial charge in [-0.1, -0.05) is 49.7 Å². The molecule has 0 amide bonds. The predicted octanol–water partition coefficient (Wildman–Crippen LogP) is 5.44. The molecular weight excluding hydrogens is 358 g/mol. The van der Waals surface area contributed by atoms with Crippen molar-refractivity contribution in [3.63, 3.8) is 0 Å². The summed E-state index contributed by atoms with van der Waals surface area (Å²) in [5, 5.41) is 7.07. The number of methoxy groups -OCH3 is 1. The normalized spacial score (nSPS) is 10.9. The molecule has 1 aromatic heterocycles. The first-order valence-electron chi connectivity index (χ1n) is 8.91. The van der Waals surface area contributed by atoms with E-state index in [1.165, 1.54) is 11.3 Å². The molecule has 3 aromatic rings. The van der Waals surface area contributed by atoms with Crippen LogP contribution in [-0.2, 0) is 0 Å². The van der Waals surface area contributed by atoms with Gasteiger partial charge in [-0.25, -0.2) is 4.98 Å². The van der Waals surface area contributed by atoms with Gasteiger partial charge in [0, 0.05) is 16.5 Å². The lowest BCUT2D eigenvalue weighted by Crippen LogP contribution is -2.02. The van der Waals surface area contributed by atoms with Crippen molar-refractivity contribution in [2.75, 3.05) is 19.1 Å². The monoisotopic (exact) mass is 381 g/mol. The molecule has 0 radical (unpaired) electrons. The number of nitrogens with one attached hydrogen (secondary N) is 1. The lowest BCUT2D eigenvalue weighted by molar-refractivity contribution is 0.288. The molecule has 0 aliphatic heterocycles. The average molecular weight is 382 g/mol. The van der Waals surface area contributed by atoms with Gasteiger partial charge in [-0.05, 0) is 18.6 Å². The van der Waals surface area contributed by atoms with Crippen LogP contribution in [0.2, 0.25) is 0 Å². The number of anilines is 1. The summed E-state index contributed by atoms with van der Waals surface area (Å²) in [6.07, 6.45) is 3.80. The highest BCUT2D eigenvalue weighted by molar-refractivity contribution is 7.14. The Morgan fingerprint density at radius 1 is 1.15 bits per heavy atom. The van der Waals surface area contributed by atoms with Gasteiger partial charge in [0.15, 0.2) is 11.5 Å². The number of hydrazone groups is 1. The van der Waals surface area contributed by atoms with Gasteiger partial charge in [-0.15, -0.1) is 11.3 Å². The van der Waals surface area contributed by atoms with Crippen LogP contribution < -0.4 is 14.9 Å². The van der Waals surface area contributed by atoms with Gasteiger partial charge in [-0.3, -0.25) is 5.43 Å². The zero-order valence-electron chi connectivity index (χ0n) is 15.5. The molecule has 0 aliphatic rings. The standard InChI is InChI=1S/C21H23N3O2S/c1-3-4-13-26-20-17(11-8-12-19(20)25-2)14-22-24-21-23-18(15-27-21)16-9-6-5-7-10-16/h5-12,14-15H,3-4,13H2,1-2H3,(H,23,24). The zero-order valence-corrected chi connectivity index (χ0v) is 16.3. The van der Waals surface area contributed by atoms with Crippen molar-refractivity contribution < 1.29 is 9.47 Å². The van der Waals surface area contributed by atoms with E-state index in [0.717, 1.165) is 34.8 Å². The Kier molecular flexibility index (Phi) is 6.82. The van der Waals surface area contributed by atoms with E-state index < -0.39 is 0 Å². The number of unbranched alkanes of at least 4 members (excludes halogenated alkanes) is 1. The van der Waals surface area contributed by atoms with Gasteiger partial charge in [0.25, 0.3) is 0 Å². The van der Waals surface area contributed by atoms with Crippen molar-refractivity contribution in [2.45, 2.75) is 19.8 Å². The molecule has 0 saturated heterocycles. The van der Waals surface area contributed by atoms with Gasteiger partial charge in [-0.2, -0.15) is 5.10 Å². The molecule has 2 aromatic carbocycles. The van der Waals surface area contributed by atoms with Crippen molar-refractivity contribution in [1.29, 1.82) is 0 Å². The quantitative estimate of drug-likeness (QED) is 0.304. The number of ether oxygens (including phenoxy) is 2. The van der Waals surface area contributed by atoms with E-state index in [4.69, 9.17) is 9.47 Å². The van der Waals surface area contributed by atoms with Crippen molar-refractivity contribution in [3.8, 4) is 22.8 Å². The second-order valence-corrected chi connectivity index (χ2v) is 6.71. The maximum atomic E-state index is 5.91. The second-order valence-electron chi connectivity index (χ2n) is 5.85. The van der Waals surface area contributed by atoms with Gasteiger partial charge in [0.1, 0.15) is 0 Å². The van der Waals surface area contributed by atoms with E-state index in [9.17, 15) is 0 Å². The minimum Gasteiger partial charge on any atom is -0.493 e. The highest BCUT2D eigenvalue weighted by Gasteiger charge is 2.09. The van der Waals surface area contributed by atoms with E-state index in [-0.39, 0.29) is 0 Å². The fourth-order valence-electron chi connectivity index (χ4n) is 2.49. The van der Waals surface area contributed by atoms with Crippen molar-refractivity contribution >= 4 is 22.7 Å². The molecule has 0 saturated carbocycles. The van der Waals surface area contributed by atoms with Crippen LogP contribution in [0.15, 0.2) is 59.0 Å². The van der Waals surface area contributed by atoms with E-state index in [1.54, 1.807) is 13.3 Å². The number of hydrogen-bond donors (Lipinski definition) is 1. The number of nitrogens with zero attached hydrogens (tertiary/aromatic N) is 2. The fraction of sp³-hybridized carbons (Fsp3) is 0.238. The molecule has 5 nitrogen and oxygen atoms in total. The summed E-state index contributed by atoms with van der Waals surface area (Å²) in [5.41, 5.74) is 5.88. The first-order valence-corrected chi connectivity index (χ1v) is 9.79. The highest BCUT2D eigenvalue weighted by Crippen LogP contribution is 2.30. The molecule has 6 heteroatoms.